The fraction of sp³-hybridized carbons (Fsp3) is 0.875. The molecule has 2 saturated heterocycles. The molecule has 3 aliphatic carbocycles. The Bertz CT molecular complexity index is 892. The first-order valence-electron chi connectivity index (χ1n) is 15.1. The largest absolute Gasteiger partial charge is 0.359 e. The van der Waals surface area contributed by atoms with Crippen molar-refractivity contribution in [1.82, 2.24) is 9.80 Å². The van der Waals surface area contributed by atoms with E-state index in [0.29, 0.717) is 11.5 Å². The molecule has 3 aliphatic heterocycles. The summed E-state index contributed by atoms with van der Waals surface area (Å²) in [7, 11) is 6.80. The van der Waals surface area contributed by atoms with Gasteiger partial charge in [0.1, 0.15) is 0 Å². The lowest BCUT2D eigenvalue weighted by molar-refractivity contribution is -0.149. The van der Waals surface area contributed by atoms with Crippen LogP contribution in [0.25, 0.3) is 0 Å². The van der Waals surface area contributed by atoms with Crippen molar-refractivity contribution in [2.75, 3.05) is 34.2 Å². The summed E-state index contributed by atoms with van der Waals surface area (Å²) >= 11 is 0. The van der Waals surface area contributed by atoms with Crippen LogP contribution in [0, 0.1) is 35.0 Å². The van der Waals surface area contributed by atoms with Gasteiger partial charge in [0.05, 0.1) is 11.2 Å². The fourth-order valence-electron chi connectivity index (χ4n) is 10.3. The van der Waals surface area contributed by atoms with Crippen molar-refractivity contribution in [2.45, 2.75) is 109 Å². The van der Waals surface area contributed by atoms with Gasteiger partial charge in [-0.25, -0.2) is 0 Å². The molecule has 0 aromatic carbocycles. The van der Waals surface area contributed by atoms with E-state index in [2.05, 4.69) is 63.9 Å². The summed E-state index contributed by atoms with van der Waals surface area (Å²) in [6, 6.07) is 0.622. The van der Waals surface area contributed by atoms with Gasteiger partial charge >= 0.3 is 0 Å². The van der Waals surface area contributed by atoms with Crippen LogP contribution in [0.3, 0.4) is 0 Å². The highest BCUT2D eigenvalue weighted by Gasteiger charge is 2.67. The van der Waals surface area contributed by atoms with E-state index in [4.69, 9.17) is 4.74 Å². The van der Waals surface area contributed by atoms with E-state index in [1.165, 1.54) is 89.3 Å². The van der Waals surface area contributed by atoms with Gasteiger partial charge in [-0.1, -0.05) is 39.3 Å². The number of ether oxygens (including phenoxy) is 1. The van der Waals surface area contributed by atoms with E-state index < -0.39 is 0 Å². The van der Waals surface area contributed by atoms with Crippen LogP contribution in [-0.4, -0.2) is 61.3 Å². The van der Waals surface area contributed by atoms with Gasteiger partial charge in [0.25, 0.3) is 0 Å². The minimum absolute atomic E-state index is 0.00290. The summed E-state index contributed by atoms with van der Waals surface area (Å²) < 4.78 is 7.48. The molecule has 6 aliphatic rings. The van der Waals surface area contributed by atoms with Crippen LogP contribution in [0.5, 0.6) is 0 Å². The second kappa shape index (κ2) is 8.70. The molecule has 0 radical (unpaired) electrons. The molecule has 0 aromatic rings. The number of rotatable bonds is 5. The maximum atomic E-state index is 7.48. The molecule has 3 heterocycles. The van der Waals surface area contributed by atoms with Crippen molar-refractivity contribution >= 4 is 0 Å². The van der Waals surface area contributed by atoms with E-state index in [1.807, 2.05) is 0 Å². The normalized spacial score (nSPS) is 48.1. The number of likely N-dealkylation sites (tertiary alicyclic amines) is 1. The van der Waals surface area contributed by atoms with Crippen molar-refractivity contribution in [2.24, 2.45) is 35.0 Å². The van der Waals surface area contributed by atoms with Crippen LogP contribution in [0.2, 0.25) is 0 Å². The van der Waals surface area contributed by atoms with Gasteiger partial charge in [0.15, 0.2) is 0 Å². The Hall–Kier alpha value is -0.640. The molecule has 0 aromatic heterocycles. The Morgan fingerprint density at radius 1 is 1.17 bits per heavy atom. The molecular weight excluding hydrogens is 428 g/mol. The maximum absolute atomic E-state index is 7.48. The van der Waals surface area contributed by atoms with Crippen molar-refractivity contribution in [3.63, 3.8) is 0 Å². The third-order valence-electron chi connectivity index (χ3n) is 12.5. The average molecular weight is 481 g/mol. The van der Waals surface area contributed by atoms with Gasteiger partial charge in [0, 0.05) is 12.6 Å². The minimum Gasteiger partial charge on any atom is -0.359 e. The zero-order valence-electron chi connectivity index (χ0n) is 23.6. The molecule has 0 amide bonds. The van der Waals surface area contributed by atoms with E-state index in [0.717, 1.165) is 29.6 Å². The molecule has 3 nitrogen and oxygen atoms in total. The minimum atomic E-state index is 0.00290. The Balaban J connectivity index is 1.20. The molecule has 2 saturated carbocycles. The SMILES string of the molecule is C[C@@H]1CN(C)CC[C@H]1CC[C@H](C)[C@H]1CC[C@@H]2[C@]1(C)CCC1=CC3=CC[C@@H](N(C)C)C[C@]34CC[C@@]12O4. The second-order valence-electron chi connectivity index (χ2n) is 14.5. The summed E-state index contributed by atoms with van der Waals surface area (Å²) in [6.45, 7) is 10.4. The number of fused-ring (bicyclic) bond motifs is 1. The van der Waals surface area contributed by atoms with E-state index >= 15 is 0 Å². The van der Waals surface area contributed by atoms with Crippen LogP contribution in [0.1, 0.15) is 91.4 Å². The first-order chi connectivity index (χ1) is 16.7. The van der Waals surface area contributed by atoms with Crippen LogP contribution in [0.4, 0.5) is 0 Å². The molecule has 4 fully saturated rings. The van der Waals surface area contributed by atoms with Crippen LogP contribution in [0.15, 0.2) is 23.3 Å². The lowest BCUT2D eigenvalue weighted by Gasteiger charge is -2.56. The number of hydrogen-bond acceptors (Lipinski definition) is 3. The van der Waals surface area contributed by atoms with Crippen molar-refractivity contribution < 1.29 is 4.74 Å². The fourth-order valence-corrected chi connectivity index (χ4v) is 10.3. The first-order valence-corrected chi connectivity index (χ1v) is 15.1. The van der Waals surface area contributed by atoms with E-state index in [-0.39, 0.29) is 11.2 Å². The molecule has 3 heteroatoms. The molecule has 0 unspecified atom stereocenters. The van der Waals surface area contributed by atoms with Gasteiger partial charge < -0.3 is 14.5 Å². The molecule has 0 N–H and O–H groups in total. The topological polar surface area (TPSA) is 15.7 Å². The van der Waals surface area contributed by atoms with E-state index in [9.17, 15) is 0 Å². The Morgan fingerprint density at radius 2 is 2.00 bits per heavy atom. The monoisotopic (exact) mass is 480 g/mol. The summed E-state index contributed by atoms with van der Waals surface area (Å²) in [5.41, 5.74) is 3.73. The summed E-state index contributed by atoms with van der Waals surface area (Å²) in [5, 5.41) is 0. The van der Waals surface area contributed by atoms with Crippen molar-refractivity contribution in [3.05, 3.63) is 23.3 Å². The van der Waals surface area contributed by atoms with Crippen LogP contribution in [-0.2, 0) is 4.74 Å². The lowest BCUT2D eigenvalue weighted by atomic mass is 9.55. The predicted molar refractivity (Wildman–Crippen MR) is 145 cm³/mol. The molecule has 9 atom stereocenters. The first kappa shape index (κ1) is 24.7. The Kier molecular flexibility index (Phi) is 6.14. The van der Waals surface area contributed by atoms with Crippen LogP contribution >= 0.6 is 0 Å². The van der Waals surface area contributed by atoms with Gasteiger partial charge in [-0.05, 0) is 138 Å². The average Bonchev–Trinajstić information content (AvgIpc) is 3.33. The van der Waals surface area contributed by atoms with Crippen molar-refractivity contribution in [3.8, 4) is 0 Å². The smallest absolute Gasteiger partial charge is 0.0956 e. The highest BCUT2D eigenvalue weighted by atomic mass is 16.5. The molecule has 2 bridgehead atoms. The predicted octanol–water partition coefficient (Wildman–Crippen LogP) is 6.70. The quantitative estimate of drug-likeness (QED) is 0.436. The third kappa shape index (κ3) is 3.76. The van der Waals surface area contributed by atoms with E-state index in [1.54, 1.807) is 5.57 Å². The second-order valence-corrected chi connectivity index (χ2v) is 14.5. The maximum Gasteiger partial charge on any atom is 0.0956 e. The summed E-state index contributed by atoms with van der Waals surface area (Å²) in [5.74, 6) is 4.26. The van der Waals surface area contributed by atoms with Gasteiger partial charge in [-0.15, -0.1) is 0 Å². The summed E-state index contributed by atoms with van der Waals surface area (Å²) in [6.07, 6.45) is 19.8. The molecular formula is C32H52N2O. The lowest BCUT2D eigenvalue weighted by Crippen LogP contribution is -2.56. The standard InChI is InChI=1S/C32H52N2O/c1-22(7-8-24-14-18-34(6)21-23(24)2)28-11-12-29-30(28,3)15-13-26-19-25-9-10-27(33(4)5)20-31(25)16-17-32(26,29)35-31/h9,19,22-24,27-29H,7-8,10-18,20-21H2,1-6H3/t22-,23+,24+,27+,28+,29+,30+,31+,32+/m0/s1. The molecule has 35 heavy (non-hydrogen) atoms. The number of hydrogen-bond donors (Lipinski definition) is 0. The zero-order chi connectivity index (χ0) is 24.6. The molecule has 196 valence electrons. The number of piperidine rings is 1. The highest BCUT2D eigenvalue weighted by Crippen LogP contribution is 2.69. The highest BCUT2D eigenvalue weighted by molar-refractivity contribution is 5.47. The Morgan fingerprint density at radius 3 is 2.77 bits per heavy atom. The summed E-state index contributed by atoms with van der Waals surface area (Å²) in [4.78, 5) is 4.96. The number of nitrogens with zero attached hydrogens (tertiary/aromatic N) is 2. The van der Waals surface area contributed by atoms with Gasteiger partial charge in [0.2, 0.25) is 0 Å². The molecule has 6 rings (SSSR count). The Labute approximate surface area is 215 Å². The van der Waals surface area contributed by atoms with Gasteiger partial charge in [-0.2, -0.15) is 0 Å². The third-order valence-corrected chi connectivity index (χ3v) is 12.5. The molecule has 2 spiro atoms. The van der Waals surface area contributed by atoms with Crippen LogP contribution < -0.4 is 0 Å². The van der Waals surface area contributed by atoms with Gasteiger partial charge in [-0.3, -0.25) is 0 Å². The van der Waals surface area contributed by atoms with Crippen molar-refractivity contribution in [1.29, 1.82) is 0 Å². The zero-order valence-corrected chi connectivity index (χ0v) is 23.6.